The summed E-state index contributed by atoms with van der Waals surface area (Å²) in [5.74, 6) is -0.0618. The Balaban J connectivity index is 2.85. The molecule has 0 radical (unpaired) electrons. The Morgan fingerprint density at radius 3 is 2.60 bits per heavy atom. The molecule has 8 heteroatoms. The number of Topliss-reactive ketones (excluding diaryl/α,β-unsaturated/α-hetero) is 1. The van der Waals surface area contributed by atoms with Gasteiger partial charge in [-0.15, -0.1) is 0 Å². The van der Waals surface area contributed by atoms with Crippen LogP contribution >= 0.6 is 0 Å². The molecular formula is C12H22N2O5S. The van der Waals surface area contributed by atoms with Gasteiger partial charge >= 0.3 is 16.3 Å². The largest absolute Gasteiger partial charge is 0.449 e. The van der Waals surface area contributed by atoms with E-state index in [1.807, 2.05) is 4.72 Å². The molecule has 0 aromatic carbocycles. The summed E-state index contributed by atoms with van der Waals surface area (Å²) < 4.78 is 32.1. The van der Waals surface area contributed by atoms with Crippen LogP contribution in [-0.4, -0.2) is 43.8 Å². The Labute approximate surface area is 119 Å². The lowest BCUT2D eigenvalue weighted by molar-refractivity contribution is -0.117. The minimum absolute atomic E-state index is 0.0618. The first kappa shape index (κ1) is 16.9. The lowest BCUT2D eigenvalue weighted by Crippen LogP contribution is -2.48. The molecule has 20 heavy (non-hydrogen) atoms. The third kappa shape index (κ3) is 5.09. The van der Waals surface area contributed by atoms with Crippen molar-refractivity contribution in [2.75, 3.05) is 13.2 Å². The van der Waals surface area contributed by atoms with Crippen LogP contribution in [0.5, 0.6) is 0 Å². The quantitative estimate of drug-likeness (QED) is 0.824. The lowest BCUT2D eigenvalue weighted by atomic mass is 10.1. The Bertz CT molecular complexity index is 449. The Hall–Kier alpha value is -1.15. The van der Waals surface area contributed by atoms with Gasteiger partial charge in [0, 0.05) is 19.0 Å². The minimum Gasteiger partial charge on any atom is -0.449 e. The molecule has 0 aromatic rings. The van der Waals surface area contributed by atoms with Gasteiger partial charge in [-0.25, -0.2) is 9.52 Å². The molecule has 1 heterocycles. The molecule has 1 saturated heterocycles. The van der Waals surface area contributed by atoms with Crippen molar-refractivity contribution >= 4 is 22.1 Å². The Kier molecular flexibility index (Phi) is 6.41. The molecule has 1 N–H and O–H groups in total. The zero-order valence-corrected chi connectivity index (χ0v) is 12.7. The molecular weight excluding hydrogens is 284 g/mol. The van der Waals surface area contributed by atoms with Gasteiger partial charge in [-0.3, -0.25) is 4.79 Å². The van der Waals surface area contributed by atoms with E-state index < -0.39 is 16.3 Å². The van der Waals surface area contributed by atoms with Crippen LogP contribution in [0.4, 0.5) is 4.79 Å². The van der Waals surface area contributed by atoms with E-state index in [1.54, 1.807) is 6.92 Å². The molecule has 0 spiro atoms. The average molecular weight is 306 g/mol. The number of carbonyl (C=O) groups excluding carboxylic acids is 2. The van der Waals surface area contributed by atoms with Gasteiger partial charge in [0.05, 0.1) is 6.61 Å². The SMILES string of the molecule is CCOC(=O)NS(=O)(=O)N1CCCCCC1CC(C)=O. The van der Waals surface area contributed by atoms with Crippen LogP contribution in [0.2, 0.25) is 0 Å². The van der Waals surface area contributed by atoms with Gasteiger partial charge in [0.2, 0.25) is 0 Å². The molecule has 1 rings (SSSR count). The highest BCUT2D eigenvalue weighted by atomic mass is 32.2. The molecule has 0 bridgehead atoms. The first-order valence-electron chi connectivity index (χ1n) is 6.82. The van der Waals surface area contributed by atoms with Gasteiger partial charge in [0.1, 0.15) is 5.78 Å². The molecule has 0 aliphatic carbocycles. The molecule has 1 atom stereocenters. The zero-order valence-electron chi connectivity index (χ0n) is 11.9. The van der Waals surface area contributed by atoms with E-state index in [1.165, 1.54) is 11.2 Å². The second kappa shape index (κ2) is 7.58. The van der Waals surface area contributed by atoms with Gasteiger partial charge in [-0.1, -0.05) is 12.8 Å². The second-order valence-electron chi connectivity index (χ2n) is 4.85. The van der Waals surface area contributed by atoms with Crippen molar-refractivity contribution in [1.82, 2.24) is 9.03 Å². The van der Waals surface area contributed by atoms with E-state index in [0.717, 1.165) is 19.3 Å². The Morgan fingerprint density at radius 2 is 2.00 bits per heavy atom. The van der Waals surface area contributed by atoms with Crippen molar-refractivity contribution in [3.05, 3.63) is 0 Å². The molecule has 1 unspecified atom stereocenters. The molecule has 0 aromatic heterocycles. The highest BCUT2D eigenvalue weighted by molar-refractivity contribution is 7.87. The minimum atomic E-state index is -3.97. The molecule has 1 aliphatic rings. The van der Waals surface area contributed by atoms with Crippen molar-refractivity contribution in [2.24, 2.45) is 0 Å². The standard InChI is InChI=1S/C12H22N2O5S/c1-3-19-12(16)13-20(17,18)14-8-6-4-5-7-11(14)9-10(2)15/h11H,3-9H2,1-2H3,(H,13,16). The number of hydrogen-bond donors (Lipinski definition) is 1. The summed E-state index contributed by atoms with van der Waals surface area (Å²) >= 11 is 0. The maximum Gasteiger partial charge on any atom is 0.421 e. The van der Waals surface area contributed by atoms with Gasteiger partial charge in [-0.05, 0) is 26.7 Å². The van der Waals surface area contributed by atoms with Crippen molar-refractivity contribution in [2.45, 2.75) is 52.0 Å². The van der Waals surface area contributed by atoms with E-state index in [-0.39, 0.29) is 24.9 Å². The summed E-state index contributed by atoms with van der Waals surface area (Å²) in [5.41, 5.74) is 0. The summed E-state index contributed by atoms with van der Waals surface area (Å²) in [6, 6.07) is -0.387. The van der Waals surface area contributed by atoms with Crippen molar-refractivity contribution < 1.29 is 22.7 Å². The zero-order chi connectivity index (χ0) is 15.2. The monoisotopic (exact) mass is 306 g/mol. The molecule has 0 saturated carbocycles. The number of nitrogens with one attached hydrogen (secondary N) is 1. The maximum atomic E-state index is 12.2. The van der Waals surface area contributed by atoms with Crippen LogP contribution < -0.4 is 4.72 Å². The van der Waals surface area contributed by atoms with Gasteiger partial charge in [-0.2, -0.15) is 12.7 Å². The summed E-state index contributed by atoms with van der Waals surface area (Å²) in [5, 5.41) is 0. The normalized spacial score (nSPS) is 21.0. The smallest absolute Gasteiger partial charge is 0.421 e. The number of amides is 1. The number of hydrogen-bond acceptors (Lipinski definition) is 5. The topological polar surface area (TPSA) is 92.8 Å². The lowest BCUT2D eigenvalue weighted by Gasteiger charge is -2.28. The highest BCUT2D eigenvalue weighted by Crippen LogP contribution is 2.22. The van der Waals surface area contributed by atoms with Crippen molar-refractivity contribution in [1.29, 1.82) is 0 Å². The van der Waals surface area contributed by atoms with Crippen LogP contribution in [0.3, 0.4) is 0 Å². The summed E-state index contributed by atoms with van der Waals surface area (Å²) in [7, 11) is -3.97. The van der Waals surface area contributed by atoms with E-state index in [0.29, 0.717) is 13.0 Å². The molecule has 7 nitrogen and oxygen atoms in total. The van der Waals surface area contributed by atoms with Crippen LogP contribution in [-0.2, 0) is 19.7 Å². The predicted molar refractivity (Wildman–Crippen MR) is 73.3 cm³/mol. The molecule has 1 aliphatic heterocycles. The fraction of sp³-hybridized carbons (Fsp3) is 0.833. The predicted octanol–water partition coefficient (Wildman–Crippen LogP) is 1.20. The fourth-order valence-electron chi connectivity index (χ4n) is 2.33. The summed E-state index contributed by atoms with van der Waals surface area (Å²) in [6.07, 6.45) is 2.33. The van der Waals surface area contributed by atoms with E-state index in [2.05, 4.69) is 4.74 Å². The van der Waals surface area contributed by atoms with Crippen molar-refractivity contribution in [3.63, 3.8) is 0 Å². The molecule has 1 amide bonds. The van der Waals surface area contributed by atoms with E-state index in [4.69, 9.17) is 0 Å². The first-order chi connectivity index (χ1) is 9.36. The third-order valence-electron chi connectivity index (χ3n) is 3.14. The van der Waals surface area contributed by atoms with E-state index >= 15 is 0 Å². The van der Waals surface area contributed by atoms with Crippen LogP contribution in [0.15, 0.2) is 0 Å². The molecule has 1 fully saturated rings. The van der Waals surface area contributed by atoms with Gasteiger partial charge < -0.3 is 4.74 Å². The number of ketones is 1. The van der Waals surface area contributed by atoms with E-state index in [9.17, 15) is 18.0 Å². The summed E-state index contributed by atoms with van der Waals surface area (Å²) in [6.45, 7) is 3.44. The van der Waals surface area contributed by atoms with Gasteiger partial charge in [0.15, 0.2) is 0 Å². The maximum absolute atomic E-state index is 12.2. The number of nitrogens with zero attached hydrogens (tertiary/aromatic N) is 1. The van der Waals surface area contributed by atoms with Crippen molar-refractivity contribution in [3.8, 4) is 0 Å². The van der Waals surface area contributed by atoms with Gasteiger partial charge in [0.25, 0.3) is 0 Å². The number of ether oxygens (including phenoxy) is 1. The average Bonchev–Trinajstić information content (AvgIpc) is 2.53. The van der Waals surface area contributed by atoms with Crippen LogP contribution in [0.25, 0.3) is 0 Å². The van der Waals surface area contributed by atoms with Crippen LogP contribution in [0.1, 0.15) is 46.0 Å². The number of rotatable bonds is 5. The summed E-state index contributed by atoms with van der Waals surface area (Å²) in [4.78, 5) is 22.6. The number of carbonyl (C=O) groups is 2. The highest BCUT2D eigenvalue weighted by Gasteiger charge is 2.33. The Morgan fingerprint density at radius 1 is 1.30 bits per heavy atom. The third-order valence-corrected chi connectivity index (χ3v) is 4.67. The fourth-order valence-corrected chi connectivity index (χ4v) is 3.66. The second-order valence-corrected chi connectivity index (χ2v) is 6.47. The molecule has 116 valence electrons. The van der Waals surface area contributed by atoms with Crippen LogP contribution in [0, 0.1) is 0 Å². The first-order valence-corrected chi connectivity index (χ1v) is 8.26.